The van der Waals surface area contributed by atoms with E-state index in [2.05, 4.69) is 15.1 Å². The highest BCUT2D eigenvalue weighted by Gasteiger charge is 2.22. The number of aromatic amines is 1. The van der Waals surface area contributed by atoms with Crippen LogP contribution in [0.5, 0.6) is 0 Å². The summed E-state index contributed by atoms with van der Waals surface area (Å²) in [5.74, 6) is 0.218. The van der Waals surface area contributed by atoms with Gasteiger partial charge in [-0.3, -0.25) is 14.3 Å². The lowest BCUT2D eigenvalue weighted by molar-refractivity contribution is 0.204. The maximum atomic E-state index is 13.9. The number of hydrogen-bond donors (Lipinski definition) is 2. The van der Waals surface area contributed by atoms with Gasteiger partial charge in [0.2, 0.25) is 11.7 Å². The summed E-state index contributed by atoms with van der Waals surface area (Å²) in [5, 5.41) is 3.92. The molecule has 2 aromatic heterocycles. The number of nitrogens with one attached hydrogen (secondary N) is 1. The third-order valence-corrected chi connectivity index (χ3v) is 4.87. The summed E-state index contributed by atoms with van der Waals surface area (Å²) in [7, 11) is 1.53. The molecule has 0 saturated heterocycles. The van der Waals surface area contributed by atoms with Crippen molar-refractivity contribution >= 4 is 11.5 Å². The largest absolute Gasteiger partial charge is 0.383 e. The van der Waals surface area contributed by atoms with E-state index in [1.54, 1.807) is 24.0 Å². The van der Waals surface area contributed by atoms with Gasteiger partial charge in [-0.2, -0.15) is 4.98 Å². The molecule has 0 aliphatic heterocycles. The minimum Gasteiger partial charge on any atom is -0.383 e. The van der Waals surface area contributed by atoms with Gasteiger partial charge in [-0.25, -0.2) is 9.18 Å². The van der Waals surface area contributed by atoms with Crippen LogP contribution in [0.3, 0.4) is 0 Å². The molecule has 1 aromatic carbocycles. The highest BCUT2D eigenvalue weighted by atomic mass is 19.1. The van der Waals surface area contributed by atoms with Crippen molar-refractivity contribution in [1.29, 1.82) is 0 Å². The van der Waals surface area contributed by atoms with Gasteiger partial charge in [-0.15, -0.1) is 0 Å². The maximum absolute atomic E-state index is 13.9. The van der Waals surface area contributed by atoms with Gasteiger partial charge in [0, 0.05) is 25.8 Å². The van der Waals surface area contributed by atoms with Gasteiger partial charge in [-0.1, -0.05) is 31.1 Å². The highest BCUT2D eigenvalue weighted by molar-refractivity contribution is 5.62. The standard InChI is InChI=1S/C21H27FN6O4/c1-12(2)10-28-18(23)17(20(29)25-21(28)30)27(7-8-31-4)11-16-24-19(26-32-16)14-6-5-13(3)15(22)9-14/h5-6,9,12H,7-8,10-11,23H2,1-4H3,(H,25,29,30). The summed E-state index contributed by atoms with van der Waals surface area (Å²) in [5.41, 5.74) is 6.14. The Hall–Kier alpha value is -3.47. The molecular formula is C21H27FN6O4. The van der Waals surface area contributed by atoms with E-state index in [0.29, 0.717) is 17.7 Å². The maximum Gasteiger partial charge on any atom is 0.330 e. The number of halogens is 1. The van der Waals surface area contributed by atoms with Gasteiger partial charge in [0.05, 0.1) is 13.2 Å². The Bertz CT molecular complexity index is 1200. The fraction of sp³-hybridized carbons (Fsp3) is 0.429. The van der Waals surface area contributed by atoms with Crippen molar-refractivity contribution in [1.82, 2.24) is 19.7 Å². The monoisotopic (exact) mass is 446 g/mol. The Labute approximate surface area is 183 Å². The number of H-pyrrole nitrogens is 1. The molecule has 0 aliphatic carbocycles. The Morgan fingerprint density at radius 1 is 1.34 bits per heavy atom. The summed E-state index contributed by atoms with van der Waals surface area (Å²) in [4.78, 5) is 33.2. The fourth-order valence-corrected chi connectivity index (χ4v) is 3.23. The van der Waals surface area contributed by atoms with Crippen LogP contribution in [0.4, 0.5) is 15.9 Å². The van der Waals surface area contributed by atoms with Crippen LogP contribution in [0.25, 0.3) is 11.4 Å². The Balaban J connectivity index is 1.97. The third-order valence-electron chi connectivity index (χ3n) is 4.87. The number of ether oxygens (including phenoxy) is 1. The molecule has 0 amide bonds. The minimum absolute atomic E-state index is 0.0395. The van der Waals surface area contributed by atoms with Gasteiger partial charge in [-0.05, 0) is 24.5 Å². The van der Waals surface area contributed by atoms with Crippen LogP contribution in [0, 0.1) is 18.7 Å². The first-order valence-corrected chi connectivity index (χ1v) is 10.2. The molecule has 2 heterocycles. The molecule has 3 aromatic rings. The van der Waals surface area contributed by atoms with Crippen molar-refractivity contribution in [2.45, 2.75) is 33.9 Å². The topological polar surface area (TPSA) is 132 Å². The van der Waals surface area contributed by atoms with E-state index in [1.165, 1.54) is 17.7 Å². The molecule has 172 valence electrons. The van der Waals surface area contributed by atoms with Crippen LogP contribution in [0.1, 0.15) is 25.3 Å². The molecule has 0 aliphatic rings. The number of aromatic nitrogens is 4. The molecule has 0 radical (unpaired) electrons. The van der Waals surface area contributed by atoms with Crippen LogP contribution < -0.4 is 21.9 Å². The first kappa shape index (κ1) is 23.2. The zero-order valence-corrected chi connectivity index (χ0v) is 18.5. The highest BCUT2D eigenvalue weighted by Crippen LogP contribution is 2.22. The molecular weight excluding hydrogens is 419 g/mol. The summed E-state index contributed by atoms with van der Waals surface area (Å²) in [6, 6.07) is 4.65. The van der Waals surface area contributed by atoms with Crippen molar-refractivity contribution < 1.29 is 13.7 Å². The van der Waals surface area contributed by atoms with Gasteiger partial charge in [0.1, 0.15) is 17.3 Å². The smallest absolute Gasteiger partial charge is 0.330 e. The SMILES string of the molecule is COCCN(Cc1nc(-c2ccc(C)c(F)c2)no1)c1c(N)n(CC(C)C)c(=O)[nH]c1=O. The quantitative estimate of drug-likeness (QED) is 0.510. The fourth-order valence-electron chi connectivity index (χ4n) is 3.23. The predicted octanol–water partition coefficient (Wildman–Crippen LogP) is 1.93. The molecule has 10 nitrogen and oxygen atoms in total. The third kappa shape index (κ3) is 5.05. The van der Waals surface area contributed by atoms with E-state index in [0.717, 1.165) is 0 Å². The number of rotatable bonds is 9. The lowest BCUT2D eigenvalue weighted by atomic mass is 10.1. The van der Waals surface area contributed by atoms with E-state index in [1.807, 2.05) is 13.8 Å². The minimum atomic E-state index is -0.621. The van der Waals surface area contributed by atoms with Crippen LogP contribution in [0.2, 0.25) is 0 Å². The van der Waals surface area contributed by atoms with Crippen LogP contribution in [-0.4, -0.2) is 40.0 Å². The molecule has 0 saturated carbocycles. The lowest BCUT2D eigenvalue weighted by Gasteiger charge is -2.24. The number of aryl methyl sites for hydroxylation is 1. The molecule has 3 rings (SSSR count). The van der Waals surface area contributed by atoms with Gasteiger partial charge in [0.25, 0.3) is 5.56 Å². The molecule has 32 heavy (non-hydrogen) atoms. The number of methoxy groups -OCH3 is 1. The van der Waals surface area contributed by atoms with Crippen molar-refractivity contribution in [3.05, 3.63) is 56.3 Å². The molecule has 0 bridgehead atoms. The van der Waals surface area contributed by atoms with Crippen molar-refractivity contribution in [2.24, 2.45) is 5.92 Å². The van der Waals surface area contributed by atoms with Gasteiger partial charge < -0.3 is 19.9 Å². The average molecular weight is 446 g/mol. The predicted molar refractivity (Wildman–Crippen MR) is 118 cm³/mol. The second kappa shape index (κ2) is 9.77. The normalized spacial score (nSPS) is 11.3. The van der Waals surface area contributed by atoms with Crippen molar-refractivity contribution in [3.8, 4) is 11.4 Å². The number of benzene rings is 1. The number of nitrogens with two attached hydrogens (primary N) is 1. The molecule has 0 atom stereocenters. The van der Waals surface area contributed by atoms with E-state index >= 15 is 0 Å². The van der Waals surface area contributed by atoms with E-state index < -0.39 is 11.2 Å². The summed E-state index contributed by atoms with van der Waals surface area (Å²) in [6.45, 7) is 6.48. The Morgan fingerprint density at radius 3 is 2.75 bits per heavy atom. The number of nitrogens with zero attached hydrogens (tertiary/aromatic N) is 4. The van der Waals surface area contributed by atoms with Crippen molar-refractivity contribution in [3.63, 3.8) is 0 Å². The van der Waals surface area contributed by atoms with Gasteiger partial charge >= 0.3 is 5.69 Å². The second-order valence-corrected chi connectivity index (χ2v) is 7.89. The average Bonchev–Trinajstić information content (AvgIpc) is 3.19. The van der Waals surface area contributed by atoms with E-state index in [-0.39, 0.29) is 54.7 Å². The molecule has 0 spiro atoms. The Kier molecular flexibility index (Phi) is 7.08. The lowest BCUT2D eigenvalue weighted by Crippen LogP contribution is -2.40. The first-order valence-electron chi connectivity index (χ1n) is 10.2. The molecule has 3 N–H and O–H groups in total. The van der Waals surface area contributed by atoms with E-state index in [9.17, 15) is 14.0 Å². The zero-order chi connectivity index (χ0) is 23.4. The van der Waals surface area contributed by atoms with Crippen molar-refractivity contribution in [2.75, 3.05) is 30.9 Å². The van der Waals surface area contributed by atoms with Crippen LogP contribution in [-0.2, 0) is 17.8 Å². The second-order valence-electron chi connectivity index (χ2n) is 7.89. The molecule has 0 fully saturated rings. The summed E-state index contributed by atoms with van der Waals surface area (Å²) in [6.07, 6.45) is 0. The number of anilines is 2. The zero-order valence-electron chi connectivity index (χ0n) is 18.5. The van der Waals surface area contributed by atoms with Crippen LogP contribution >= 0.6 is 0 Å². The van der Waals surface area contributed by atoms with Gasteiger partial charge in [0.15, 0.2) is 0 Å². The molecule has 11 heteroatoms. The Morgan fingerprint density at radius 2 is 2.09 bits per heavy atom. The molecule has 0 unspecified atom stereocenters. The number of hydrogen-bond acceptors (Lipinski definition) is 8. The van der Waals surface area contributed by atoms with E-state index in [4.69, 9.17) is 15.0 Å². The summed E-state index contributed by atoms with van der Waals surface area (Å²) < 4.78 is 25.7. The number of nitrogen functional groups attached to an aromatic ring is 1. The summed E-state index contributed by atoms with van der Waals surface area (Å²) >= 11 is 0. The van der Waals surface area contributed by atoms with Crippen LogP contribution in [0.15, 0.2) is 32.3 Å². The first-order chi connectivity index (χ1) is 15.2.